The number of benzene rings is 2. The number of rotatable bonds is 5. The molecule has 1 nitrogen and oxygen atoms in total. The van der Waals surface area contributed by atoms with Crippen LogP contribution in [0, 0.1) is 0 Å². The molecular weight excluding hydrogens is 278 g/mol. The van der Waals surface area contributed by atoms with Gasteiger partial charge in [0.1, 0.15) is 0 Å². The van der Waals surface area contributed by atoms with E-state index in [2.05, 4.69) is 38.8 Å². The molecule has 0 fully saturated rings. The van der Waals surface area contributed by atoms with E-state index in [1.54, 1.807) is 0 Å². The highest BCUT2D eigenvalue weighted by Gasteiger charge is 1.89. The zero-order chi connectivity index (χ0) is 17.3. The third kappa shape index (κ3) is 11.1. The van der Waals surface area contributed by atoms with Crippen LogP contribution in [0.15, 0.2) is 73.8 Å². The van der Waals surface area contributed by atoms with Gasteiger partial charge in [0.2, 0.25) is 0 Å². The van der Waals surface area contributed by atoms with Gasteiger partial charge < -0.3 is 4.90 Å². The second-order valence-corrected chi connectivity index (χ2v) is 4.85. The van der Waals surface area contributed by atoms with Crippen LogP contribution in [0.3, 0.4) is 0 Å². The molecule has 0 aromatic heterocycles. The van der Waals surface area contributed by atoms with Crippen LogP contribution in [0.2, 0.25) is 0 Å². The molecule has 2 rings (SSSR count). The molecular formula is C22H31N. The molecule has 0 bridgehead atoms. The van der Waals surface area contributed by atoms with Crippen LogP contribution in [-0.2, 0) is 0 Å². The van der Waals surface area contributed by atoms with Crippen LogP contribution in [0.1, 0.15) is 31.9 Å². The minimum Gasteiger partial charge on any atom is -0.304 e. The van der Waals surface area contributed by atoms with Crippen LogP contribution in [0.25, 0.3) is 12.2 Å². The molecule has 0 saturated carbocycles. The highest BCUT2D eigenvalue weighted by atomic mass is 15.1. The maximum Gasteiger partial charge on any atom is -0.00474 e. The van der Waals surface area contributed by atoms with Crippen molar-refractivity contribution >= 4 is 12.2 Å². The van der Waals surface area contributed by atoms with Gasteiger partial charge in [-0.15, -0.1) is 0 Å². The van der Waals surface area contributed by atoms with E-state index in [-0.39, 0.29) is 0 Å². The topological polar surface area (TPSA) is 3.24 Å². The molecule has 0 aliphatic rings. The van der Waals surface area contributed by atoms with Crippen molar-refractivity contribution < 1.29 is 0 Å². The zero-order valence-electron chi connectivity index (χ0n) is 14.9. The summed E-state index contributed by atoms with van der Waals surface area (Å²) in [4.78, 5) is 2.38. The predicted octanol–water partition coefficient (Wildman–Crippen LogP) is 6.01. The van der Waals surface area contributed by atoms with Gasteiger partial charge in [-0.05, 0) is 30.8 Å². The van der Waals surface area contributed by atoms with E-state index < -0.39 is 0 Å². The Kier molecular flexibility index (Phi) is 13.4. The van der Waals surface area contributed by atoms with Crippen molar-refractivity contribution in [1.29, 1.82) is 0 Å². The van der Waals surface area contributed by atoms with Gasteiger partial charge in [-0.2, -0.15) is 0 Å². The molecule has 0 atom stereocenters. The van der Waals surface area contributed by atoms with Gasteiger partial charge in [-0.3, -0.25) is 0 Å². The Balaban J connectivity index is 0.000000317. The number of hydrogen-bond donors (Lipinski definition) is 0. The van der Waals surface area contributed by atoms with Crippen LogP contribution in [0.4, 0.5) is 0 Å². The van der Waals surface area contributed by atoms with Gasteiger partial charge in [0, 0.05) is 0 Å². The van der Waals surface area contributed by atoms with Crippen LogP contribution in [0.5, 0.6) is 0 Å². The van der Waals surface area contributed by atoms with E-state index in [0.29, 0.717) is 0 Å². The monoisotopic (exact) mass is 309 g/mol. The highest BCUT2D eigenvalue weighted by molar-refractivity contribution is 5.46. The summed E-state index contributed by atoms with van der Waals surface area (Å²) in [6.45, 7) is 17.4. The van der Waals surface area contributed by atoms with Crippen molar-refractivity contribution in [3.63, 3.8) is 0 Å². The lowest BCUT2D eigenvalue weighted by atomic mass is 10.2. The fraction of sp³-hybridized carbons (Fsp3) is 0.273. The summed E-state index contributed by atoms with van der Waals surface area (Å²) in [6.07, 6.45) is 3.67. The van der Waals surface area contributed by atoms with Gasteiger partial charge in [0.25, 0.3) is 0 Å². The molecule has 0 unspecified atom stereocenters. The molecule has 2 aromatic carbocycles. The van der Waals surface area contributed by atoms with Crippen molar-refractivity contribution in [2.75, 3.05) is 19.6 Å². The molecule has 0 aliphatic carbocycles. The summed E-state index contributed by atoms with van der Waals surface area (Å²) in [7, 11) is 0. The minimum atomic E-state index is 1.17. The summed E-state index contributed by atoms with van der Waals surface area (Å²) in [5.41, 5.74) is 2.35. The number of hydrogen-bond acceptors (Lipinski definition) is 1. The van der Waals surface area contributed by atoms with Gasteiger partial charge in [0.15, 0.2) is 0 Å². The van der Waals surface area contributed by atoms with Gasteiger partial charge in [-0.1, -0.05) is 107 Å². The maximum absolute atomic E-state index is 3.63. The molecule has 124 valence electrons. The van der Waals surface area contributed by atoms with Gasteiger partial charge in [-0.25, -0.2) is 0 Å². The summed E-state index contributed by atoms with van der Waals surface area (Å²) in [5, 5.41) is 0. The quantitative estimate of drug-likeness (QED) is 0.654. The Labute approximate surface area is 143 Å². The first-order chi connectivity index (χ1) is 11.2. The van der Waals surface area contributed by atoms with Gasteiger partial charge in [0.05, 0.1) is 0 Å². The van der Waals surface area contributed by atoms with Crippen LogP contribution in [-0.4, -0.2) is 24.5 Å². The van der Waals surface area contributed by atoms with E-state index in [4.69, 9.17) is 0 Å². The van der Waals surface area contributed by atoms with E-state index in [1.165, 1.54) is 30.8 Å². The van der Waals surface area contributed by atoms with Crippen molar-refractivity contribution in [3.8, 4) is 0 Å². The summed E-state index contributed by atoms with van der Waals surface area (Å²) in [6, 6.07) is 20.1. The molecule has 0 amide bonds. The first-order valence-corrected chi connectivity index (χ1v) is 8.29. The first-order valence-electron chi connectivity index (χ1n) is 8.29. The van der Waals surface area contributed by atoms with E-state index in [0.717, 1.165) is 0 Å². The Morgan fingerprint density at radius 3 is 1.09 bits per heavy atom. The lowest BCUT2D eigenvalue weighted by Crippen LogP contribution is -2.21. The number of nitrogens with zero attached hydrogens (tertiary/aromatic N) is 1. The largest absolute Gasteiger partial charge is 0.304 e. The van der Waals surface area contributed by atoms with E-state index in [1.807, 2.05) is 72.8 Å². The summed E-state index contributed by atoms with van der Waals surface area (Å²) >= 11 is 0. The average molecular weight is 309 g/mol. The standard InChI is InChI=1S/2C8H8.C6H15N/c2*1-2-8-6-4-3-5-7-8;1-4-7(5-2)6-3/h2*2-7H,1H2;4-6H2,1-3H3. The highest BCUT2D eigenvalue weighted by Crippen LogP contribution is 1.98. The predicted molar refractivity (Wildman–Crippen MR) is 107 cm³/mol. The molecule has 2 aromatic rings. The third-order valence-electron chi connectivity index (χ3n) is 3.41. The van der Waals surface area contributed by atoms with Crippen molar-refractivity contribution in [3.05, 3.63) is 84.9 Å². The van der Waals surface area contributed by atoms with Crippen molar-refractivity contribution in [2.45, 2.75) is 20.8 Å². The summed E-state index contributed by atoms with van der Waals surface area (Å²) < 4.78 is 0. The smallest absolute Gasteiger partial charge is 0.00474 e. The Hall–Kier alpha value is -2.12. The first kappa shape index (κ1) is 20.9. The molecule has 0 N–H and O–H groups in total. The second-order valence-electron chi connectivity index (χ2n) is 4.85. The third-order valence-corrected chi connectivity index (χ3v) is 3.41. The molecule has 1 heteroatoms. The van der Waals surface area contributed by atoms with E-state index >= 15 is 0 Å². The Morgan fingerprint density at radius 1 is 0.652 bits per heavy atom. The second kappa shape index (κ2) is 14.8. The molecule has 0 heterocycles. The summed E-state index contributed by atoms with van der Waals surface area (Å²) in [5.74, 6) is 0. The van der Waals surface area contributed by atoms with Gasteiger partial charge >= 0.3 is 0 Å². The fourth-order valence-electron chi connectivity index (χ4n) is 1.85. The molecule has 0 saturated heterocycles. The average Bonchev–Trinajstić information content (AvgIpc) is 2.65. The molecule has 0 aliphatic heterocycles. The van der Waals surface area contributed by atoms with Crippen LogP contribution >= 0.6 is 0 Å². The molecule has 0 radical (unpaired) electrons. The zero-order valence-corrected chi connectivity index (χ0v) is 14.9. The van der Waals surface area contributed by atoms with E-state index in [9.17, 15) is 0 Å². The fourth-order valence-corrected chi connectivity index (χ4v) is 1.85. The SMILES string of the molecule is C=Cc1ccccc1.C=Cc1ccccc1.CCN(CC)CC. The van der Waals surface area contributed by atoms with Crippen molar-refractivity contribution in [1.82, 2.24) is 4.90 Å². The normalized spacial score (nSPS) is 9.04. The van der Waals surface area contributed by atoms with Crippen molar-refractivity contribution in [2.24, 2.45) is 0 Å². The minimum absolute atomic E-state index is 1.17. The Bertz CT molecular complexity index is 449. The lowest BCUT2D eigenvalue weighted by Gasteiger charge is -2.13. The van der Waals surface area contributed by atoms with Crippen LogP contribution < -0.4 is 0 Å². The maximum atomic E-state index is 3.63. The molecule has 23 heavy (non-hydrogen) atoms. The Morgan fingerprint density at radius 2 is 0.957 bits per heavy atom. The molecule has 0 spiro atoms. The lowest BCUT2D eigenvalue weighted by molar-refractivity contribution is 0.321.